The highest BCUT2D eigenvalue weighted by Gasteiger charge is 2.42. The molecule has 7 nitrogen and oxygen atoms in total. The van der Waals surface area contributed by atoms with Crippen LogP contribution in [0.1, 0.15) is 11.5 Å². The van der Waals surface area contributed by atoms with Gasteiger partial charge >= 0.3 is 6.03 Å². The monoisotopic (exact) mass is 373 g/mol. The number of hydrogen-bond acceptors (Lipinski definition) is 4. The maximum Gasteiger partial charge on any atom is 0.319 e. The van der Waals surface area contributed by atoms with E-state index in [1.54, 1.807) is 19.2 Å². The van der Waals surface area contributed by atoms with Crippen molar-refractivity contribution in [3.63, 3.8) is 0 Å². The molecule has 3 rings (SSSR count). The Balaban J connectivity index is 1.75. The molecule has 27 heavy (non-hydrogen) atoms. The fourth-order valence-corrected chi connectivity index (χ4v) is 3.02. The number of halogens is 1. The van der Waals surface area contributed by atoms with Gasteiger partial charge in [0, 0.05) is 11.6 Å². The van der Waals surface area contributed by atoms with Crippen LogP contribution in [0.25, 0.3) is 0 Å². The van der Waals surface area contributed by atoms with E-state index in [-0.39, 0.29) is 11.8 Å². The number of amides is 3. The minimum Gasteiger partial charge on any atom is -0.497 e. The molecule has 2 aromatic carbocycles. The van der Waals surface area contributed by atoms with E-state index in [1.807, 2.05) is 12.1 Å². The number of nitrogens with one attached hydrogen (secondary N) is 2. The minimum atomic E-state index is -0.793. The van der Waals surface area contributed by atoms with Crippen LogP contribution < -0.4 is 15.4 Å². The van der Waals surface area contributed by atoms with Crippen LogP contribution >= 0.6 is 0 Å². The quantitative estimate of drug-likeness (QED) is 0.844. The third-order valence-corrected chi connectivity index (χ3v) is 4.43. The number of ether oxygens (including phenoxy) is 1. The molecule has 0 bridgehead atoms. The van der Waals surface area contributed by atoms with E-state index in [0.29, 0.717) is 18.0 Å². The lowest BCUT2D eigenvalue weighted by atomic mass is 9.94. The second-order valence-corrected chi connectivity index (χ2v) is 6.04. The summed E-state index contributed by atoms with van der Waals surface area (Å²) in [6.45, 7) is 0.309. The Hall–Kier alpha value is -3.13. The number of carbonyl (C=O) groups excluding carboxylic acids is 2. The zero-order valence-electron chi connectivity index (χ0n) is 14.9. The first kappa shape index (κ1) is 18.7. The molecule has 1 aliphatic heterocycles. The van der Waals surface area contributed by atoms with E-state index in [4.69, 9.17) is 9.57 Å². The van der Waals surface area contributed by atoms with Crippen LogP contribution in [0.15, 0.2) is 48.5 Å². The molecule has 1 aliphatic rings. The number of hydroxylamine groups is 2. The maximum atomic E-state index is 13.0. The molecule has 3 amide bonds. The number of hydrogen-bond donors (Lipinski definition) is 2. The molecule has 1 saturated heterocycles. The molecule has 1 fully saturated rings. The molecule has 2 unspecified atom stereocenters. The van der Waals surface area contributed by atoms with Gasteiger partial charge in [0.05, 0.1) is 20.8 Å². The molecule has 2 atom stereocenters. The second-order valence-electron chi connectivity index (χ2n) is 6.04. The molecule has 0 saturated carbocycles. The van der Waals surface area contributed by atoms with E-state index >= 15 is 0 Å². The molecule has 0 spiro atoms. The predicted molar refractivity (Wildman–Crippen MR) is 96.8 cm³/mol. The van der Waals surface area contributed by atoms with Gasteiger partial charge in [0.15, 0.2) is 0 Å². The largest absolute Gasteiger partial charge is 0.497 e. The van der Waals surface area contributed by atoms with Crippen molar-refractivity contribution in [2.45, 2.75) is 12.0 Å². The summed E-state index contributed by atoms with van der Waals surface area (Å²) in [6.07, 6.45) is 0. The summed E-state index contributed by atoms with van der Waals surface area (Å²) in [7, 11) is 2.98. The van der Waals surface area contributed by atoms with E-state index < -0.39 is 17.9 Å². The summed E-state index contributed by atoms with van der Waals surface area (Å²) in [5.41, 5.74) is 1.29. The van der Waals surface area contributed by atoms with Gasteiger partial charge in [-0.1, -0.05) is 12.1 Å². The van der Waals surface area contributed by atoms with Crippen LogP contribution in [0.4, 0.5) is 14.9 Å². The first-order chi connectivity index (χ1) is 13.0. The smallest absolute Gasteiger partial charge is 0.319 e. The Morgan fingerprint density at radius 3 is 2.37 bits per heavy atom. The zero-order valence-corrected chi connectivity index (χ0v) is 14.9. The molecular weight excluding hydrogens is 353 g/mol. The zero-order chi connectivity index (χ0) is 19.4. The third kappa shape index (κ3) is 4.17. The highest BCUT2D eigenvalue weighted by atomic mass is 19.1. The van der Waals surface area contributed by atoms with Gasteiger partial charge in [-0.2, -0.15) is 0 Å². The van der Waals surface area contributed by atoms with Crippen LogP contribution in [0.3, 0.4) is 0 Å². The van der Waals surface area contributed by atoms with E-state index in [1.165, 1.54) is 36.4 Å². The minimum absolute atomic E-state index is 0.290. The van der Waals surface area contributed by atoms with Crippen LogP contribution in [0.2, 0.25) is 0 Å². The Morgan fingerprint density at radius 2 is 1.78 bits per heavy atom. The molecule has 0 aliphatic carbocycles. The lowest BCUT2D eigenvalue weighted by molar-refractivity contribution is -0.168. The summed E-state index contributed by atoms with van der Waals surface area (Å²) >= 11 is 0. The van der Waals surface area contributed by atoms with Crippen molar-refractivity contribution in [1.29, 1.82) is 0 Å². The number of benzene rings is 2. The van der Waals surface area contributed by atoms with Crippen LogP contribution in [-0.2, 0) is 9.63 Å². The number of carbonyl (C=O) groups is 2. The van der Waals surface area contributed by atoms with Crippen molar-refractivity contribution in [1.82, 2.24) is 10.4 Å². The Kier molecular flexibility index (Phi) is 5.56. The maximum absolute atomic E-state index is 13.0. The summed E-state index contributed by atoms with van der Waals surface area (Å²) in [5.74, 6) is -0.331. The van der Waals surface area contributed by atoms with Gasteiger partial charge in [-0.3, -0.25) is 9.63 Å². The first-order valence-electron chi connectivity index (χ1n) is 8.34. The summed E-state index contributed by atoms with van der Waals surface area (Å²) in [4.78, 5) is 30.0. The summed E-state index contributed by atoms with van der Waals surface area (Å²) < 4.78 is 18.1. The molecule has 8 heteroatoms. The van der Waals surface area contributed by atoms with E-state index in [0.717, 1.165) is 5.56 Å². The number of methoxy groups -OCH3 is 1. The van der Waals surface area contributed by atoms with Crippen molar-refractivity contribution in [3.8, 4) is 5.75 Å². The highest BCUT2D eigenvalue weighted by Crippen LogP contribution is 2.30. The SMILES string of the molecule is COc1ccc(C2CN(OC)C(=O)C2NC(=O)Nc2ccc(F)cc2)cc1. The van der Waals surface area contributed by atoms with Crippen molar-refractivity contribution < 1.29 is 23.6 Å². The van der Waals surface area contributed by atoms with Gasteiger partial charge in [0.1, 0.15) is 17.6 Å². The number of urea groups is 1. The first-order valence-corrected chi connectivity index (χ1v) is 8.34. The molecule has 0 aromatic heterocycles. The van der Waals surface area contributed by atoms with Crippen LogP contribution in [-0.4, -0.2) is 43.8 Å². The Labute approximate surface area is 156 Å². The second kappa shape index (κ2) is 8.05. The number of nitrogens with zero attached hydrogens (tertiary/aromatic N) is 1. The summed E-state index contributed by atoms with van der Waals surface area (Å²) in [6, 6.07) is 11.3. The fraction of sp³-hybridized carbons (Fsp3) is 0.263. The van der Waals surface area contributed by atoms with E-state index in [9.17, 15) is 14.0 Å². The fourth-order valence-electron chi connectivity index (χ4n) is 3.02. The summed E-state index contributed by atoms with van der Waals surface area (Å²) in [5, 5.41) is 6.50. The third-order valence-electron chi connectivity index (χ3n) is 4.43. The molecule has 1 heterocycles. The van der Waals surface area contributed by atoms with Crippen molar-refractivity contribution in [2.75, 3.05) is 26.1 Å². The van der Waals surface area contributed by atoms with Crippen LogP contribution in [0, 0.1) is 5.82 Å². The van der Waals surface area contributed by atoms with Crippen molar-refractivity contribution >= 4 is 17.6 Å². The van der Waals surface area contributed by atoms with E-state index in [2.05, 4.69) is 10.6 Å². The molecule has 2 N–H and O–H groups in total. The highest BCUT2D eigenvalue weighted by molar-refractivity contribution is 5.95. The molecule has 2 aromatic rings. The Bertz CT molecular complexity index is 811. The lowest BCUT2D eigenvalue weighted by Crippen LogP contribution is -2.45. The van der Waals surface area contributed by atoms with Gasteiger partial charge < -0.3 is 15.4 Å². The normalized spacial score (nSPS) is 19.1. The van der Waals surface area contributed by atoms with Gasteiger partial charge in [-0.25, -0.2) is 14.2 Å². The van der Waals surface area contributed by atoms with Gasteiger partial charge in [0.25, 0.3) is 5.91 Å². The van der Waals surface area contributed by atoms with Gasteiger partial charge in [-0.05, 0) is 42.0 Å². The molecule has 0 radical (unpaired) electrons. The average Bonchev–Trinajstić information content (AvgIpc) is 2.99. The topological polar surface area (TPSA) is 79.9 Å². The average molecular weight is 373 g/mol. The lowest BCUT2D eigenvalue weighted by Gasteiger charge is -2.19. The standard InChI is InChI=1S/C19H20FN3O4/c1-26-15-9-3-12(4-10-15)16-11-23(27-2)18(24)17(16)22-19(25)21-14-7-5-13(20)6-8-14/h3-10,16-17H,11H2,1-2H3,(H2,21,22,25). The van der Waals surface area contributed by atoms with Gasteiger partial charge in [-0.15, -0.1) is 0 Å². The predicted octanol–water partition coefficient (Wildman–Crippen LogP) is 2.51. The van der Waals surface area contributed by atoms with Gasteiger partial charge in [0.2, 0.25) is 0 Å². The number of anilines is 1. The molecule has 142 valence electrons. The molecular formula is C19H20FN3O4. The van der Waals surface area contributed by atoms with Crippen LogP contribution in [0.5, 0.6) is 5.75 Å². The van der Waals surface area contributed by atoms with Crippen molar-refractivity contribution in [3.05, 3.63) is 59.9 Å². The number of rotatable bonds is 5. The Morgan fingerprint density at radius 1 is 1.11 bits per heavy atom. The van der Waals surface area contributed by atoms with Crippen molar-refractivity contribution in [2.24, 2.45) is 0 Å².